The molecule has 1 amide bonds. The first-order valence-corrected chi connectivity index (χ1v) is 9.42. The molecule has 6 heteroatoms. The molecule has 138 valence electrons. The van der Waals surface area contributed by atoms with Crippen LogP contribution in [-0.4, -0.2) is 11.0 Å². The number of anilines is 2. The van der Waals surface area contributed by atoms with Crippen LogP contribution in [0, 0.1) is 0 Å². The Morgan fingerprint density at radius 2 is 1.54 bits per heavy atom. The van der Waals surface area contributed by atoms with Crippen LogP contribution in [0.25, 0.3) is 0 Å². The fourth-order valence-corrected chi connectivity index (χ4v) is 3.98. The van der Waals surface area contributed by atoms with Gasteiger partial charge in [0, 0.05) is 5.56 Å². The standard InChI is InChI=1S/C22H17N3O2S/c26-20-22(23-21(28)25(27-22)17-11-5-2-6-12-17)18-13-7-8-14-19(18)24(20)15-16-9-3-1-4-10-16/h1-14H,15H2,(H,23,28). The number of amides is 1. The van der Waals surface area contributed by atoms with Crippen LogP contribution in [0.3, 0.4) is 0 Å². The van der Waals surface area contributed by atoms with Gasteiger partial charge >= 0.3 is 0 Å². The van der Waals surface area contributed by atoms with E-state index >= 15 is 0 Å². The van der Waals surface area contributed by atoms with Gasteiger partial charge in [-0.1, -0.05) is 66.7 Å². The summed E-state index contributed by atoms with van der Waals surface area (Å²) in [5.74, 6) is -0.182. The van der Waals surface area contributed by atoms with E-state index in [2.05, 4.69) is 5.32 Å². The maximum absolute atomic E-state index is 13.6. The third kappa shape index (κ3) is 2.50. The van der Waals surface area contributed by atoms with Gasteiger partial charge in [0.15, 0.2) is 0 Å². The summed E-state index contributed by atoms with van der Waals surface area (Å²) in [6.07, 6.45) is 0. The average Bonchev–Trinajstić information content (AvgIpc) is 3.21. The maximum Gasteiger partial charge on any atom is 0.288 e. The van der Waals surface area contributed by atoms with Crippen molar-refractivity contribution in [3.05, 3.63) is 96.1 Å². The van der Waals surface area contributed by atoms with Crippen molar-refractivity contribution in [1.29, 1.82) is 0 Å². The fourth-order valence-electron chi connectivity index (χ4n) is 3.69. The normalized spacial score (nSPS) is 20.6. The molecule has 0 saturated carbocycles. The minimum Gasteiger partial charge on any atom is -0.319 e. The van der Waals surface area contributed by atoms with Crippen molar-refractivity contribution in [3.63, 3.8) is 0 Å². The number of fused-ring (bicyclic) bond motifs is 2. The van der Waals surface area contributed by atoms with E-state index in [0.29, 0.717) is 11.7 Å². The van der Waals surface area contributed by atoms with Crippen molar-refractivity contribution in [2.24, 2.45) is 0 Å². The number of nitrogens with one attached hydrogen (secondary N) is 1. The summed E-state index contributed by atoms with van der Waals surface area (Å²) in [6.45, 7) is 0.460. The molecule has 1 unspecified atom stereocenters. The number of hydrogen-bond acceptors (Lipinski definition) is 3. The molecule has 2 heterocycles. The molecule has 3 aromatic carbocycles. The van der Waals surface area contributed by atoms with E-state index in [1.807, 2.05) is 84.9 Å². The summed E-state index contributed by atoms with van der Waals surface area (Å²) in [7, 11) is 0. The van der Waals surface area contributed by atoms with Crippen molar-refractivity contribution in [2.45, 2.75) is 12.3 Å². The summed E-state index contributed by atoms with van der Waals surface area (Å²) < 4.78 is 0. The lowest BCUT2D eigenvalue weighted by Gasteiger charge is -2.23. The molecule has 3 aromatic rings. The number of thiocarbonyl (C=S) groups is 1. The zero-order valence-corrected chi connectivity index (χ0v) is 15.7. The third-order valence-corrected chi connectivity index (χ3v) is 5.26. The third-order valence-electron chi connectivity index (χ3n) is 4.99. The van der Waals surface area contributed by atoms with E-state index in [9.17, 15) is 4.79 Å². The van der Waals surface area contributed by atoms with Crippen LogP contribution in [0.5, 0.6) is 0 Å². The lowest BCUT2D eigenvalue weighted by atomic mass is 10.1. The molecule has 5 nitrogen and oxygen atoms in total. The van der Waals surface area contributed by atoms with Gasteiger partial charge < -0.3 is 10.2 Å². The second kappa shape index (κ2) is 6.44. The van der Waals surface area contributed by atoms with Crippen molar-refractivity contribution >= 4 is 34.6 Å². The second-order valence-electron chi connectivity index (χ2n) is 6.73. The van der Waals surface area contributed by atoms with Crippen LogP contribution in [0.1, 0.15) is 11.1 Å². The summed E-state index contributed by atoms with van der Waals surface area (Å²) in [5.41, 5.74) is 2.04. The first-order valence-electron chi connectivity index (χ1n) is 9.01. The molecule has 0 bridgehead atoms. The second-order valence-corrected chi connectivity index (χ2v) is 7.11. The molecule has 0 radical (unpaired) electrons. The Morgan fingerprint density at radius 1 is 0.893 bits per heavy atom. The first kappa shape index (κ1) is 16.9. The Morgan fingerprint density at radius 3 is 2.29 bits per heavy atom. The summed E-state index contributed by atoms with van der Waals surface area (Å²) in [4.78, 5) is 21.5. The number of hydrogen-bond donors (Lipinski definition) is 1. The number of hydroxylamine groups is 1. The molecular weight excluding hydrogens is 370 g/mol. The molecule has 0 aromatic heterocycles. The SMILES string of the molecule is O=C1N(Cc2ccccc2)c2ccccc2C12NC(=S)N(c1ccccc1)O2. The number of carbonyl (C=O) groups excluding carboxylic acids is 1. The molecule has 1 saturated heterocycles. The van der Waals surface area contributed by atoms with Crippen LogP contribution in [0.15, 0.2) is 84.9 Å². The summed E-state index contributed by atoms with van der Waals surface area (Å²) >= 11 is 5.50. The molecule has 2 aliphatic rings. The molecule has 0 aliphatic carbocycles. The van der Waals surface area contributed by atoms with Crippen LogP contribution in [0.2, 0.25) is 0 Å². The molecule has 1 atom stereocenters. The van der Waals surface area contributed by atoms with Crippen LogP contribution in [0.4, 0.5) is 11.4 Å². The number of para-hydroxylation sites is 2. The largest absolute Gasteiger partial charge is 0.319 e. The van der Waals surface area contributed by atoms with Gasteiger partial charge in [-0.05, 0) is 36.0 Å². The molecule has 5 rings (SSSR count). The molecule has 28 heavy (non-hydrogen) atoms. The zero-order valence-electron chi connectivity index (χ0n) is 14.9. The van der Waals surface area contributed by atoms with E-state index in [4.69, 9.17) is 17.1 Å². The minimum absolute atomic E-state index is 0.182. The van der Waals surface area contributed by atoms with Gasteiger partial charge in [-0.15, -0.1) is 0 Å². The van der Waals surface area contributed by atoms with Crippen molar-refractivity contribution in [1.82, 2.24) is 5.32 Å². The predicted octanol–water partition coefficient (Wildman–Crippen LogP) is 3.71. The van der Waals surface area contributed by atoms with Gasteiger partial charge in [0.05, 0.1) is 17.9 Å². The Bertz CT molecular complexity index is 1060. The van der Waals surface area contributed by atoms with Crippen LogP contribution >= 0.6 is 12.2 Å². The van der Waals surface area contributed by atoms with Gasteiger partial charge in [-0.2, -0.15) is 5.06 Å². The smallest absolute Gasteiger partial charge is 0.288 e. The highest BCUT2D eigenvalue weighted by Crippen LogP contribution is 2.45. The Labute approximate surface area is 168 Å². The highest BCUT2D eigenvalue weighted by Gasteiger charge is 2.58. The van der Waals surface area contributed by atoms with E-state index < -0.39 is 5.72 Å². The van der Waals surface area contributed by atoms with E-state index in [-0.39, 0.29) is 5.91 Å². The molecule has 1 spiro atoms. The van der Waals surface area contributed by atoms with Gasteiger partial charge in [0.1, 0.15) is 0 Å². The molecule has 1 N–H and O–H groups in total. The number of rotatable bonds is 3. The Kier molecular flexibility index (Phi) is 3.89. The molecule has 1 fully saturated rings. The fraction of sp³-hybridized carbons (Fsp3) is 0.0909. The van der Waals surface area contributed by atoms with Crippen molar-refractivity contribution in [3.8, 4) is 0 Å². The van der Waals surface area contributed by atoms with Gasteiger partial charge in [0.2, 0.25) is 5.11 Å². The van der Waals surface area contributed by atoms with Crippen LogP contribution < -0.4 is 15.3 Å². The van der Waals surface area contributed by atoms with Gasteiger partial charge in [-0.3, -0.25) is 4.79 Å². The van der Waals surface area contributed by atoms with E-state index in [0.717, 1.165) is 22.5 Å². The highest BCUT2D eigenvalue weighted by molar-refractivity contribution is 7.80. The topological polar surface area (TPSA) is 44.8 Å². The van der Waals surface area contributed by atoms with Gasteiger partial charge in [-0.25, -0.2) is 4.84 Å². The minimum atomic E-state index is -1.35. The summed E-state index contributed by atoms with van der Waals surface area (Å²) in [5, 5.41) is 5.01. The Balaban J connectivity index is 1.55. The quantitative estimate of drug-likeness (QED) is 0.694. The molecular formula is C22H17N3O2S. The average molecular weight is 387 g/mol. The highest BCUT2D eigenvalue weighted by atomic mass is 32.1. The summed E-state index contributed by atoms with van der Waals surface area (Å²) in [6, 6.07) is 27.1. The number of benzene rings is 3. The monoisotopic (exact) mass is 387 g/mol. The van der Waals surface area contributed by atoms with E-state index in [1.165, 1.54) is 5.06 Å². The lowest BCUT2D eigenvalue weighted by molar-refractivity contribution is -0.141. The first-order chi connectivity index (χ1) is 13.7. The lowest BCUT2D eigenvalue weighted by Crippen LogP contribution is -2.48. The predicted molar refractivity (Wildman–Crippen MR) is 111 cm³/mol. The number of carbonyl (C=O) groups is 1. The van der Waals surface area contributed by atoms with Crippen molar-refractivity contribution < 1.29 is 9.63 Å². The van der Waals surface area contributed by atoms with Gasteiger partial charge in [0.25, 0.3) is 11.6 Å². The zero-order chi connectivity index (χ0) is 19.1. The Hall–Kier alpha value is -3.22. The molecule has 2 aliphatic heterocycles. The van der Waals surface area contributed by atoms with E-state index in [1.54, 1.807) is 4.90 Å². The van der Waals surface area contributed by atoms with Crippen molar-refractivity contribution in [2.75, 3.05) is 9.96 Å². The maximum atomic E-state index is 13.6. The van der Waals surface area contributed by atoms with Crippen LogP contribution in [-0.2, 0) is 21.9 Å². The number of nitrogens with zero attached hydrogens (tertiary/aromatic N) is 2.